The Morgan fingerprint density at radius 2 is 1.57 bits per heavy atom. The van der Waals surface area contributed by atoms with E-state index in [1.807, 2.05) is 30.3 Å². The van der Waals surface area contributed by atoms with Crippen molar-refractivity contribution < 1.29 is 9.53 Å². The summed E-state index contributed by atoms with van der Waals surface area (Å²) in [6, 6.07) is 24.0. The van der Waals surface area contributed by atoms with Gasteiger partial charge in [-0.05, 0) is 42.0 Å². The molecule has 2 nitrogen and oxygen atoms in total. The molecule has 3 rings (SSSR count). The van der Waals surface area contributed by atoms with Crippen LogP contribution in [-0.4, -0.2) is 5.78 Å². The molecule has 0 heterocycles. The highest BCUT2D eigenvalue weighted by Crippen LogP contribution is 2.18. The molecule has 0 aliphatic carbocycles. The van der Waals surface area contributed by atoms with E-state index in [4.69, 9.17) is 16.3 Å². The van der Waals surface area contributed by atoms with Crippen molar-refractivity contribution in [3.63, 3.8) is 0 Å². The molecule has 0 N–H and O–H groups in total. The lowest BCUT2D eigenvalue weighted by atomic mass is 10.0. The Bertz CT molecular complexity index is 795. The minimum atomic E-state index is -0.0536. The molecular formula is C20H15ClO2. The minimum absolute atomic E-state index is 0.0536. The van der Waals surface area contributed by atoms with Gasteiger partial charge in [0.2, 0.25) is 0 Å². The van der Waals surface area contributed by atoms with Crippen LogP contribution in [0.25, 0.3) is 0 Å². The number of carbonyl (C=O) groups is 1. The summed E-state index contributed by atoms with van der Waals surface area (Å²) in [5, 5.41) is 0.554. The van der Waals surface area contributed by atoms with Crippen LogP contribution in [0.5, 0.6) is 5.75 Å². The average Bonchev–Trinajstić information content (AvgIpc) is 2.61. The number of hydrogen-bond donors (Lipinski definition) is 0. The van der Waals surface area contributed by atoms with E-state index in [0.717, 1.165) is 11.3 Å². The Balaban J connectivity index is 1.68. The first-order valence-electron chi connectivity index (χ1n) is 7.29. The van der Waals surface area contributed by atoms with Crippen molar-refractivity contribution >= 4 is 17.4 Å². The first-order chi connectivity index (χ1) is 11.2. The van der Waals surface area contributed by atoms with E-state index >= 15 is 0 Å². The summed E-state index contributed by atoms with van der Waals surface area (Å²) < 4.78 is 5.72. The normalized spacial score (nSPS) is 10.3. The molecule has 0 aliphatic rings. The van der Waals surface area contributed by atoms with Crippen LogP contribution in [0.15, 0.2) is 78.9 Å². The van der Waals surface area contributed by atoms with Gasteiger partial charge in [0, 0.05) is 16.1 Å². The summed E-state index contributed by atoms with van der Waals surface area (Å²) >= 11 is 5.93. The third-order valence-corrected chi connectivity index (χ3v) is 3.69. The van der Waals surface area contributed by atoms with Crippen LogP contribution in [0, 0.1) is 0 Å². The van der Waals surface area contributed by atoms with Gasteiger partial charge in [-0.1, -0.05) is 54.1 Å². The van der Waals surface area contributed by atoms with E-state index in [9.17, 15) is 4.79 Å². The highest BCUT2D eigenvalue weighted by Gasteiger charge is 2.09. The number of carbonyl (C=O) groups excluding carboxylic acids is 1. The first kappa shape index (κ1) is 15.3. The molecule has 0 amide bonds. The molecule has 23 heavy (non-hydrogen) atoms. The molecule has 0 saturated carbocycles. The van der Waals surface area contributed by atoms with E-state index in [0.29, 0.717) is 22.8 Å². The van der Waals surface area contributed by atoms with Gasteiger partial charge in [-0.2, -0.15) is 0 Å². The molecule has 0 atom stereocenters. The van der Waals surface area contributed by atoms with Gasteiger partial charge in [0.15, 0.2) is 5.78 Å². The van der Waals surface area contributed by atoms with E-state index in [-0.39, 0.29) is 5.78 Å². The number of ether oxygens (including phenoxy) is 1. The van der Waals surface area contributed by atoms with E-state index in [2.05, 4.69) is 0 Å². The van der Waals surface area contributed by atoms with Crippen molar-refractivity contribution in [3.8, 4) is 5.75 Å². The molecule has 0 saturated heterocycles. The standard InChI is InChI=1S/C20H15ClO2/c21-18-8-4-7-17(13-18)20(22)16-9-11-19(12-10-16)23-14-15-5-2-1-3-6-15/h1-13H,14H2. The number of hydrogen-bond acceptors (Lipinski definition) is 2. The van der Waals surface area contributed by atoms with Gasteiger partial charge in [0.25, 0.3) is 0 Å². The van der Waals surface area contributed by atoms with Crippen LogP contribution in [0.1, 0.15) is 21.5 Å². The van der Waals surface area contributed by atoms with Crippen molar-refractivity contribution in [1.82, 2.24) is 0 Å². The smallest absolute Gasteiger partial charge is 0.193 e. The van der Waals surface area contributed by atoms with Crippen LogP contribution < -0.4 is 4.74 Å². The zero-order valence-electron chi connectivity index (χ0n) is 12.4. The number of ketones is 1. The summed E-state index contributed by atoms with van der Waals surface area (Å²) in [5.74, 6) is 0.679. The van der Waals surface area contributed by atoms with Crippen molar-refractivity contribution in [2.45, 2.75) is 6.61 Å². The van der Waals surface area contributed by atoms with Gasteiger partial charge >= 0.3 is 0 Å². The molecule has 0 spiro atoms. The van der Waals surface area contributed by atoms with Crippen LogP contribution in [0.4, 0.5) is 0 Å². The van der Waals surface area contributed by atoms with Gasteiger partial charge in [-0.15, -0.1) is 0 Å². The summed E-state index contributed by atoms with van der Waals surface area (Å²) in [7, 11) is 0. The first-order valence-corrected chi connectivity index (χ1v) is 7.67. The molecule has 3 aromatic rings. The van der Waals surface area contributed by atoms with Gasteiger partial charge < -0.3 is 4.74 Å². The van der Waals surface area contributed by atoms with Crippen LogP contribution >= 0.6 is 11.6 Å². The Morgan fingerprint density at radius 1 is 0.826 bits per heavy atom. The molecule has 3 heteroatoms. The molecule has 0 bridgehead atoms. The summed E-state index contributed by atoms with van der Waals surface area (Å²) in [6.45, 7) is 0.502. The maximum absolute atomic E-state index is 12.4. The minimum Gasteiger partial charge on any atom is -0.489 e. The van der Waals surface area contributed by atoms with E-state index in [1.165, 1.54) is 0 Å². The number of benzene rings is 3. The largest absolute Gasteiger partial charge is 0.489 e. The third kappa shape index (κ3) is 3.99. The van der Waals surface area contributed by atoms with E-state index < -0.39 is 0 Å². The van der Waals surface area contributed by atoms with Crippen LogP contribution in [0.3, 0.4) is 0 Å². The summed E-state index contributed by atoms with van der Waals surface area (Å²) in [4.78, 5) is 12.4. The van der Waals surface area contributed by atoms with Gasteiger partial charge in [0.05, 0.1) is 0 Å². The van der Waals surface area contributed by atoms with E-state index in [1.54, 1.807) is 48.5 Å². The topological polar surface area (TPSA) is 26.3 Å². The quantitative estimate of drug-likeness (QED) is 0.607. The van der Waals surface area contributed by atoms with Crippen molar-refractivity contribution in [3.05, 3.63) is 101 Å². The average molecular weight is 323 g/mol. The molecule has 3 aromatic carbocycles. The highest BCUT2D eigenvalue weighted by molar-refractivity contribution is 6.31. The second-order valence-corrected chi connectivity index (χ2v) is 5.57. The summed E-state index contributed by atoms with van der Waals surface area (Å²) in [5.41, 5.74) is 2.29. The lowest BCUT2D eigenvalue weighted by Crippen LogP contribution is -2.01. The van der Waals surface area contributed by atoms with Crippen molar-refractivity contribution in [2.24, 2.45) is 0 Å². The van der Waals surface area contributed by atoms with Crippen molar-refractivity contribution in [2.75, 3.05) is 0 Å². The zero-order valence-corrected chi connectivity index (χ0v) is 13.2. The third-order valence-electron chi connectivity index (χ3n) is 3.45. The highest BCUT2D eigenvalue weighted by atomic mass is 35.5. The Kier molecular flexibility index (Phi) is 4.74. The van der Waals surface area contributed by atoms with Crippen LogP contribution in [0.2, 0.25) is 5.02 Å². The zero-order chi connectivity index (χ0) is 16.1. The Hall–Kier alpha value is -2.58. The molecule has 0 aromatic heterocycles. The Labute approximate surface area is 140 Å². The van der Waals surface area contributed by atoms with Gasteiger partial charge in [0.1, 0.15) is 12.4 Å². The van der Waals surface area contributed by atoms with Crippen LogP contribution in [-0.2, 0) is 6.61 Å². The molecule has 0 radical (unpaired) electrons. The molecular weight excluding hydrogens is 308 g/mol. The maximum atomic E-state index is 12.4. The van der Waals surface area contributed by atoms with Gasteiger partial charge in [-0.25, -0.2) is 0 Å². The molecule has 114 valence electrons. The number of halogens is 1. The lowest BCUT2D eigenvalue weighted by molar-refractivity contribution is 0.103. The molecule has 0 unspecified atom stereocenters. The van der Waals surface area contributed by atoms with Crippen molar-refractivity contribution in [1.29, 1.82) is 0 Å². The number of rotatable bonds is 5. The fourth-order valence-electron chi connectivity index (χ4n) is 2.24. The fourth-order valence-corrected chi connectivity index (χ4v) is 2.43. The maximum Gasteiger partial charge on any atom is 0.193 e. The second kappa shape index (κ2) is 7.12. The predicted molar refractivity (Wildman–Crippen MR) is 92.1 cm³/mol. The van der Waals surface area contributed by atoms with Gasteiger partial charge in [-0.3, -0.25) is 4.79 Å². The monoisotopic (exact) mass is 322 g/mol. The Morgan fingerprint density at radius 3 is 2.26 bits per heavy atom. The SMILES string of the molecule is O=C(c1ccc(OCc2ccccc2)cc1)c1cccc(Cl)c1. The lowest BCUT2D eigenvalue weighted by Gasteiger charge is -2.07. The summed E-state index contributed by atoms with van der Waals surface area (Å²) in [6.07, 6.45) is 0. The fraction of sp³-hybridized carbons (Fsp3) is 0.0500. The molecule has 0 aliphatic heterocycles. The molecule has 0 fully saturated rings. The second-order valence-electron chi connectivity index (χ2n) is 5.14. The predicted octanol–water partition coefficient (Wildman–Crippen LogP) is 5.15.